The summed E-state index contributed by atoms with van der Waals surface area (Å²) in [4.78, 5) is 1.94. The average molecular weight is 326 g/mol. The van der Waals surface area contributed by atoms with E-state index in [0.29, 0.717) is 5.58 Å². The summed E-state index contributed by atoms with van der Waals surface area (Å²) in [6.07, 6.45) is -1.97. The normalized spacial score (nSPS) is 32.3. The van der Waals surface area contributed by atoms with Crippen molar-refractivity contribution < 1.29 is 11.3 Å². The molecular formula is C22H27NO. The largest absolute Gasteiger partial charge is 0.454 e. The van der Waals surface area contributed by atoms with Gasteiger partial charge in [-0.25, -0.2) is 0 Å². The fourth-order valence-corrected chi connectivity index (χ4v) is 4.19. The minimum atomic E-state index is -2.46. The highest BCUT2D eigenvalue weighted by Crippen LogP contribution is 2.51. The Bertz CT molecular complexity index is 1110. The van der Waals surface area contributed by atoms with Crippen molar-refractivity contribution >= 4 is 27.6 Å². The van der Waals surface area contributed by atoms with Crippen LogP contribution in [0.5, 0.6) is 0 Å². The molecule has 0 aliphatic carbocycles. The van der Waals surface area contributed by atoms with E-state index in [1.165, 1.54) is 0 Å². The van der Waals surface area contributed by atoms with Crippen LogP contribution in [0.2, 0.25) is 0 Å². The number of hydrogen-bond acceptors (Lipinski definition) is 2. The minimum absolute atomic E-state index is 0.572. The first-order valence-electron chi connectivity index (χ1n) is 11.0. The first-order valence-corrected chi connectivity index (χ1v) is 8.47. The summed E-state index contributed by atoms with van der Waals surface area (Å²) in [7, 11) is 0. The first kappa shape index (κ1) is 10.8. The topological polar surface area (TPSA) is 16.4 Å². The molecule has 4 rings (SSSR count). The molecular weight excluding hydrogens is 294 g/mol. The van der Waals surface area contributed by atoms with E-state index >= 15 is 0 Å². The highest BCUT2D eigenvalue weighted by molar-refractivity contribution is 6.09. The molecule has 1 aliphatic rings. The molecule has 2 unspecified atom stereocenters. The lowest BCUT2D eigenvalue weighted by atomic mass is 9.82. The van der Waals surface area contributed by atoms with E-state index in [4.69, 9.17) is 11.3 Å². The molecule has 1 aliphatic heterocycles. The van der Waals surface area contributed by atoms with Gasteiger partial charge < -0.3 is 9.32 Å². The van der Waals surface area contributed by atoms with Crippen LogP contribution in [-0.4, -0.2) is 11.6 Å². The quantitative estimate of drug-likeness (QED) is 0.522. The van der Waals surface area contributed by atoms with Crippen molar-refractivity contribution in [2.45, 2.75) is 59.4 Å². The number of anilines is 1. The van der Waals surface area contributed by atoms with Crippen LogP contribution < -0.4 is 4.90 Å². The smallest absolute Gasteiger partial charge is 0.158 e. The summed E-state index contributed by atoms with van der Waals surface area (Å²) in [5.74, 6) is 0. The number of aryl methyl sites for hydroxylation is 1. The van der Waals surface area contributed by atoms with E-state index in [-0.39, 0.29) is 0 Å². The van der Waals surface area contributed by atoms with Crippen molar-refractivity contribution in [1.82, 2.24) is 0 Å². The van der Waals surface area contributed by atoms with Crippen LogP contribution in [0.15, 0.2) is 40.8 Å². The van der Waals surface area contributed by atoms with E-state index in [9.17, 15) is 0 Å². The summed E-state index contributed by atoms with van der Waals surface area (Å²) in [5, 5.41) is 1.95. The molecule has 2 heteroatoms. The molecule has 0 N–H and O–H groups in total. The third-order valence-electron chi connectivity index (χ3n) is 5.35. The van der Waals surface area contributed by atoms with E-state index in [2.05, 4.69) is 0 Å². The third-order valence-corrected chi connectivity index (χ3v) is 5.35. The van der Waals surface area contributed by atoms with Gasteiger partial charge in [0.15, 0.2) is 5.58 Å². The lowest BCUT2D eigenvalue weighted by molar-refractivity contribution is 0.329. The molecule has 2 heterocycles. The molecule has 2 nitrogen and oxygen atoms in total. The number of para-hydroxylation sites is 1. The number of furan rings is 1. The zero-order valence-corrected chi connectivity index (χ0v) is 14.9. The van der Waals surface area contributed by atoms with Gasteiger partial charge in [-0.1, -0.05) is 44.1 Å². The van der Waals surface area contributed by atoms with Gasteiger partial charge in [0.25, 0.3) is 0 Å². The molecule has 0 spiro atoms. The molecule has 0 radical (unpaired) electrons. The number of benzene rings is 2. The van der Waals surface area contributed by atoms with E-state index in [1.54, 1.807) is 20.8 Å². The van der Waals surface area contributed by atoms with Gasteiger partial charge in [0.2, 0.25) is 0 Å². The number of fused-ring (bicyclic) bond motifs is 3. The Morgan fingerprint density at radius 3 is 2.62 bits per heavy atom. The summed E-state index contributed by atoms with van der Waals surface area (Å²) in [6, 6.07) is 11.3. The van der Waals surface area contributed by atoms with Crippen molar-refractivity contribution in [3.63, 3.8) is 0 Å². The van der Waals surface area contributed by atoms with Crippen LogP contribution in [0.3, 0.4) is 0 Å². The predicted molar refractivity (Wildman–Crippen MR) is 103 cm³/mol. The maximum absolute atomic E-state index is 8.93. The van der Waals surface area contributed by atoms with Gasteiger partial charge in [-0.3, -0.25) is 0 Å². The number of nitrogens with zero attached hydrogens (tertiary/aromatic N) is 1. The Kier molecular flexibility index (Phi) is 2.15. The van der Waals surface area contributed by atoms with Gasteiger partial charge in [0.05, 0.1) is 5.69 Å². The van der Waals surface area contributed by atoms with Crippen LogP contribution >= 0.6 is 0 Å². The van der Waals surface area contributed by atoms with Gasteiger partial charge in [-0.2, -0.15) is 0 Å². The zero-order chi connectivity index (χ0) is 21.6. The fourth-order valence-electron chi connectivity index (χ4n) is 4.19. The Hall–Kier alpha value is -1.96. The summed E-state index contributed by atoms with van der Waals surface area (Å²) < 4.78 is 48.7. The Morgan fingerprint density at radius 1 is 1.17 bits per heavy atom. The van der Waals surface area contributed by atoms with Crippen molar-refractivity contribution in [2.24, 2.45) is 5.41 Å². The number of hydrogen-bond donors (Lipinski definition) is 0. The highest BCUT2D eigenvalue weighted by atomic mass is 16.3. The molecule has 1 fully saturated rings. The molecule has 126 valence electrons. The van der Waals surface area contributed by atoms with Crippen molar-refractivity contribution in [3.8, 4) is 0 Å². The minimum Gasteiger partial charge on any atom is -0.454 e. The first-order chi connectivity index (χ1) is 13.3. The molecule has 1 aromatic heterocycles. The van der Waals surface area contributed by atoms with Crippen LogP contribution in [-0.2, 0) is 0 Å². The maximum Gasteiger partial charge on any atom is 0.158 e. The monoisotopic (exact) mass is 326 g/mol. The SMILES string of the molecule is [2H]C([2H])([2H])C1(C)C(C)N(c2c(C)ccc3c2oc2ccccc23)C(C)(C)C1([2H])[2H]. The van der Waals surface area contributed by atoms with Crippen LogP contribution in [0.1, 0.15) is 53.3 Å². The average Bonchev–Trinajstić information content (AvgIpc) is 3.04. The second-order valence-corrected chi connectivity index (χ2v) is 7.64. The zero-order valence-electron chi connectivity index (χ0n) is 19.9. The van der Waals surface area contributed by atoms with E-state index in [0.717, 1.165) is 27.6 Å². The second kappa shape index (κ2) is 4.78. The number of rotatable bonds is 1. The summed E-state index contributed by atoms with van der Waals surface area (Å²) >= 11 is 0. The maximum atomic E-state index is 8.93. The standard InChI is InChI=1S/C22H27NO/c1-14-11-12-17-16-9-7-8-10-18(16)24-20(17)19(14)23-15(2)21(3,4)13-22(23,5)6/h7-12,15H,13H2,1-6H3/i3D3,13D2. The highest BCUT2D eigenvalue weighted by Gasteiger charge is 2.49. The van der Waals surface area contributed by atoms with Crippen LogP contribution in [0.25, 0.3) is 21.9 Å². The summed E-state index contributed by atoms with van der Waals surface area (Å²) in [5.41, 5.74) is 0.532. The van der Waals surface area contributed by atoms with Gasteiger partial charge in [-0.15, -0.1) is 0 Å². The van der Waals surface area contributed by atoms with Crippen molar-refractivity contribution in [1.29, 1.82) is 0 Å². The molecule has 24 heavy (non-hydrogen) atoms. The van der Waals surface area contributed by atoms with Gasteiger partial charge in [-0.05, 0) is 51.1 Å². The van der Waals surface area contributed by atoms with Gasteiger partial charge >= 0.3 is 0 Å². The Morgan fingerprint density at radius 2 is 1.92 bits per heavy atom. The second-order valence-electron chi connectivity index (χ2n) is 7.64. The molecule has 0 saturated carbocycles. The lowest BCUT2D eigenvalue weighted by Gasteiger charge is -2.38. The van der Waals surface area contributed by atoms with Gasteiger partial charge in [0, 0.05) is 29.2 Å². The predicted octanol–water partition coefficient (Wildman–Crippen LogP) is 6.30. The van der Waals surface area contributed by atoms with Crippen LogP contribution in [0, 0.1) is 12.3 Å². The van der Waals surface area contributed by atoms with E-state index < -0.39 is 30.2 Å². The van der Waals surface area contributed by atoms with Crippen molar-refractivity contribution in [3.05, 3.63) is 42.0 Å². The molecule has 0 amide bonds. The molecule has 2 aromatic carbocycles. The van der Waals surface area contributed by atoms with Crippen molar-refractivity contribution in [2.75, 3.05) is 4.90 Å². The Labute approximate surface area is 151 Å². The fraction of sp³-hybridized carbons (Fsp3) is 0.455. The molecule has 3 aromatic rings. The molecule has 2 atom stereocenters. The van der Waals surface area contributed by atoms with E-state index in [1.807, 2.05) is 55.1 Å². The lowest BCUT2D eigenvalue weighted by Crippen LogP contribution is -2.43. The van der Waals surface area contributed by atoms with Gasteiger partial charge in [0.1, 0.15) is 5.58 Å². The third kappa shape index (κ3) is 2.02. The van der Waals surface area contributed by atoms with Crippen LogP contribution in [0.4, 0.5) is 5.69 Å². The Balaban J connectivity index is 2.07. The molecule has 1 saturated heterocycles. The molecule has 0 bridgehead atoms. The summed E-state index contributed by atoms with van der Waals surface area (Å²) in [6.45, 7) is 6.46.